The average Bonchev–Trinajstić information content (AvgIpc) is 2.41. The Hall–Kier alpha value is -0.580. The number of nitrogens with zero attached hydrogens (tertiary/aromatic N) is 1. The monoisotopic (exact) mass is 327 g/mol. The Kier molecular flexibility index (Phi) is 4.87. The first-order chi connectivity index (χ1) is 9.06. The van der Waals surface area contributed by atoms with Crippen molar-refractivity contribution in [3.63, 3.8) is 0 Å². The third-order valence-corrected chi connectivity index (χ3v) is 4.65. The molecule has 0 bridgehead atoms. The molecule has 0 radical (unpaired) electrons. The zero-order valence-electron chi connectivity index (χ0n) is 11.9. The Morgan fingerprint density at radius 3 is 2.84 bits per heavy atom. The smallest absolute Gasteiger partial charge is 0.119 e. The highest BCUT2D eigenvalue weighted by Gasteiger charge is 2.30. The number of halogens is 1. The maximum atomic E-state index is 5.64. The van der Waals surface area contributed by atoms with Crippen LogP contribution >= 0.6 is 15.9 Å². The number of hydrogen-bond donors (Lipinski definition) is 0. The SMILES string of the molecule is COc1ccc(Br)c(CN2CCCC(C)(OC)C2)c1. The lowest BCUT2D eigenvalue weighted by Gasteiger charge is -2.39. The summed E-state index contributed by atoms with van der Waals surface area (Å²) in [7, 11) is 3.51. The van der Waals surface area contributed by atoms with Gasteiger partial charge in [0, 0.05) is 24.7 Å². The van der Waals surface area contributed by atoms with Crippen molar-refractivity contribution >= 4 is 15.9 Å². The van der Waals surface area contributed by atoms with Gasteiger partial charge in [-0.15, -0.1) is 0 Å². The van der Waals surface area contributed by atoms with Crippen molar-refractivity contribution in [3.8, 4) is 5.75 Å². The number of methoxy groups -OCH3 is 2. The van der Waals surface area contributed by atoms with E-state index in [9.17, 15) is 0 Å². The fourth-order valence-corrected chi connectivity index (χ4v) is 3.02. The second kappa shape index (κ2) is 6.25. The molecule has 0 N–H and O–H groups in total. The predicted molar refractivity (Wildman–Crippen MR) is 80.6 cm³/mol. The molecule has 2 rings (SSSR count). The molecule has 1 fully saturated rings. The molecule has 1 saturated heterocycles. The molecule has 106 valence electrons. The van der Waals surface area contributed by atoms with Crippen molar-refractivity contribution in [2.75, 3.05) is 27.3 Å². The molecule has 0 aliphatic carbocycles. The lowest BCUT2D eigenvalue weighted by atomic mass is 9.94. The molecule has 0 amide bonds. The first kappa shape index (κ1) is 14.8. The van der Waals surface area contributed by atoms with Crippen LogP contribution in [0, 0.1) is 0 Å². The Balaban J connectivity index is 2.08. The van der Waals surface area contributed by atoms with E-state index in [0.717, 1.165) is 36.3 Å². The van der Waals surface area contributed by atoms with Crippen molar-refractivity contribution in [2.24, 2.45) is 0 Å². The Labute approximate surface area is 124 Å². The molecule has 1 aromatic carbocycles. The zero-order chi connectivity index (χ0) is 13.9. The lowest BCUT2D eigenvalue weighted by molar-refractivity contribution is -0.0527. The van der Waals surface area contributed by atoms with Crippen LogP contribution in [0.3, 0.4) is 0 Å². The summed E-state index contributed by atoms with van der Waals surface area (Å²) in [4.78, 5) is 2.45. The highest BCUT2D eigenvalue weighted by atomic mass is 79.9. The van der Waals surface area contributed by atoms with E-state index in [1.807, 2.05) is 19.2 Å². The number of ether oxygens (including phenoxy) is 2. The van der Waals surface area contributed by atoms with Crippen LogP contribution in [-0.4, -0.2) is 37.8 Å². The van der Waals surface area contributed by atoms with E-state index < -0.39 is 0 Å². The third kappa shape index (κ3) is 3.71. The van der Waals surface area contributed by atoms with Gasteiger partial charge in [-0.3, -0.25) is 4.90 Å². The van der Waals surface area contributed by atoms with E-state index in [2.05, 4.69) is 33.8 Å². The average molecular weight is 328 g/mol. The molecule has 0 spiro atoms. The maximum Gasteiger partial charge on any atom is 0.119 e. The van der Waals surface area contributed by atoms with Crippen molar-refractivity contribution in [3.05, 3.63) is 28.2 Å². The molecule has 3 nitrogen and oxygen atoms in total. The highest BCUT2D eigenvalue weighted by molar-refractivity contribution is 9.10. The largest absolute Gasteiger partial charge is 0.497 e. The van der Waals surface area contributed by atoms with Gasteiger partial charge in [0.05, 0.1) is 12.7 Å². The van der Waals surface area contributed by atoms with Crippen LogP contribution in [0.4, 0.5) is 0 Å². The van der Waals surface area contributed by atoms with Gasteiger partial charge in [0.15, 0.2) is 0 Å². The van der Waals surface area contributed by atoms with E-state index in [1.165, 1.54) is 12.0 Å². The normalized spacial score (nSPS) is 24.4. The molecular formula is C15H22BrNO2. The van der Waals surface area contributed by atoms with Crippen LogP contribution in [0.5, 0.6) is 5.75 Å². The second-order valence-electron chi connectivity index (χ2n) is 5.43. The summed E-state index contributed by atoms with van der Waals surface area (Å²) in [5, 5.41) is 0. The van der Waals surface area contributed by atoms with Crippen molar-refractivity contribution in [1.82, 2.24) is 4.90 Å². The molecule has 1 aliphatic rings. The van der Waals surface area contributed by atoms with E-state index in [0.29, 0.717) is 0 Å². The minimum atomic E-state index is -0.0103. The minimum absolute atomic E-state index is 0.0103. The lowest BCUT2D eigenvalue weighted by Crippen LogP contribution is -2.46. The fraction of sp³-hybridized carbons (Fsp3) is 0.600. The van der Waals surface area contributed by atoms with E-state index in [-0.39, 0.29) is 5.60 Å². The molecule has 1 heterocycles. The summed E-state index contributed by atoms with van der Waals surface area (Å²) in [6.07, 6.45) is 2.32. The molecule has 1 atom stereocenters. The van der Waals surface area contributed by atoms with Gasteiger partial charge in [-0.2, -0.15) is 0 Å². The standard InChI is InChI=1S/C15H22BrNO2/c1-15(19-3)7-4-8-17(11-15)10-12-9-13(18-2)5-6-14(12)16/h5-6,9H,4,7-8,10-11H2,1-3H3. The van der Waals surface area contributed by atoms with Crippen LogP contribution in [-0.2, 0) is 11.3 Å². The van der Waals surface area contributed by atoms with Gasteiger partial charge < -0.3 is 9.47 Å². The van der Waals surface area contributed by atoms with Gasteiger partial charge in [-0.25, -0.2) is 0 Å². The molecule has 0 aromatic heterocycles. The van der Waals surface area contributed by atoms with Gasteiger partial charge in [0.1, 0.15) is 5.75 Å². The minimum Gasteiger partial charge on any atom is -0.497 e. The summed E-state index contributed by atoms with van der Waals surface area (Å²) in [5.74, 6) is 0.907. The molecule has 1 aliphatic heterocycles. The van der Waals surface area contributed by atoms with E-state index in [4.69, 9.17) is 9.47 Å². The van der Waals surface area contributed by atoms with Gasteiger partial charge in [-0.1, -0.05) is 15.9 Å². The van der Waals surface area contributed by atoms with Crippen molar-refractivity contribution < 1.29 is 9.47 Å². The van der Waals surface area contributed by atoms with Crippen LogP contribution in [0.1, 0.15) is 25.3 Å². The molecule has 1 aromatic rings. The Bertz CT molecular complexity index is 438. The summed E-state index contributed by atoms with van der Waals surface area (Å²) >= 11 is 3.62. The molecule has 19 heavy (non-hydrogen) atoms. The summed E-state index contributed by atoms with van der Waals surface area (Å²) < 4.78 is 12.1. The third-order valence-electron chi connectivity index (χ3n) is 3.88. The number of piperidine rings is 1. The van der Waals surface area contributed by atoms with Gasteiger partial charge in [0.25, 0.3) is 0 Å². The summed E-state index contributed by atoms with van der Waals surface area (Å²) in [5.41, 5.74) is 1.25. The van der Waals surface area contributed by atoms with Crippen LogP contribution < -0.4 is 4.74 Å². The van der Waals surface area contributed by atoms with Crippen LogP contribution in [0.2, 0.25) is 0 Å². The number of rotatable bonds is 4. The summed E-state index contributed by atoms with van der Waals surface area (Å²) in [6.45, 7) is 5.23. The number of hydrogen-bond acceptors (Lipinski definition) is 3. The number of likely N-dealkylation sites (tertiary alicyclic amines) is 1. The molecular weight excluding hydrogens is 306 g/mol. The molecule has 4 heteroatoms. The highest BCUT2D eigenvalue weighted by Crippen LogP contribution is 2.28. The van der Waals surface area contributed by atoms with Crippen LogP contribution in [0.15, 0.2) is 22.7 Å². The second-order valence-corrected chi connectivity index (χ2v) is 6.28. The van der Waals surface area contributed by atoms with Crippen LogP contribution in [0.25, 0.3) is 0 Å². The zero-order valence-corrected chi connectivity index (χ0v) is 13.5. The first-order valence-electron chi connectivity index (χ1n) is 6.66. The Morgan fingerprint density at radius 1 is 1.37 bits per heavy atom. The Morgan fingerprint density at radius 2 is 2.16 bits per heavy atom. The van der Waals surface area contributed by atoms with Gasteiger partial charge >= 0.3 is 0 Å². The topological polar surface area (TPSA) is 21.7 Å². The van der Waals surface area contributed by atoms with Gasteiger partial charge in [0.2, 0.25) is 0 Å². The maximum absolute atomic E-state index is 5.64. The number of benzene rings is 1. The van der Waals surface area contributed by atoms with Gasteiger partial charge in [-0.05, 0) is 50.1 Å². The van der Waals surface area contributed by atoms with Crippen molar-refractivity contribution in [2.45, 2.75) is 31.9 Å². The first-order valence-corrected chi connectivity index (χ1v) is 7.45. The quantitative estimate of drug-likeness (QED) is 0.845. The van der Waals surface area contributed by atoms with E-state index >= 15 is 0 Å². The molecule has 0 saturated carbocycles. The van der Waals surface area contributed by atoms with Crippen molar-refractivity contribution in [1.29, 1.82) is 0 Å². The fourth-order valence-electron chi connectivity index (χ4n) is 2.65. The summed E-state index contributed by atoms with van der Waals surface area (Å²) in [6, 6.07) is 6.12. The molecule has 1 unspecified atom stereocenters. The predicted octanol–water partition coefficient (Wildman–Crippen LogP) is 3.46. The van der Waals surface area contributed by atoms with E-state index in [1.54, 1.807) is 7.11 Å².